The zero-order chi connectivity index (χ0) is 15.0. The maximum atomic E-state index is 5.57. The van der Waals surface area contributed by atoms with Gasteiger partial charge in [-0.2, -0.15) is 0 Å². The van der Waals surface area contributed by atoms with Gasteiger partial charge in [-0.15, -0.1) is 0 Å². The number of hydrogen-bond donors (Lipinski definition) is 1. The van der Waals surface area contributed by atoms with E-state index in [4.69, 9.17) is 9.47 Å². The molecule has 0 aliphatic heterocycles. The van der Waals surface area contributed by atoms with Gasteiger partial charge < -0.3 is 14.8 Å². The lowest BCUT2D eigenvalue weighted by atomic mass is 10.2. The Morgan fingerprint density at radius 3 is 2.40 bits per heavy atom. The molecular formula is C15H23Br2NO2. The highest BCUT2D eigenvalue weighted by Crippen LogP contribution is 2.34. The number of nitrogens with one attached hydrogen (secondary N) is 1. The predicted octanol–water partition coefficient (Wildman–Crippen LogP) is 4.52. The van der Waals surface area contributed by atoms with Crippen LogP contribution in [0.25, 0.3) is 0 Å². The molecule has 1 N–H and O–H groups in total. The van der Waals surface area contributed by atoms with Crippen LogP contribution in [0.15, 0.2) is 21.1 Å². The average Bonchev–Trinajstić information content (AvgIpc) is 2.37. The van der Waals surface area contributed by atoms with Crippen molar-refractivity contribution in [3.8, 4) is 5.75 Å². The first-order valence-corrected chi connectivity index (χ1v) is 8.56. The third-order valence-electron chi connectivity index (χ3n) is 2.62. The number of benzene rings is 1. The van der Waals surface area contributed by atoms with Crippen LogP contribution >= 0.6 is 31.9 Å². The fraction of sp³-hybridized carbons (Fsp3) is 0.600. The molecule has 5 heteroatoms. The normalized spacial score (nSPS) is 11.1. The van der Waals surface area contributed by atoms with Crippen molar-refractivity contribution in [1.82, 2.24) is 5.32 Å². The second kappa shape index (κ2) is 9.77. The lowest BCUT2D eigenvalue weighted by molar-refractivity contribution is 0.0770. The molecule has 1 aromatic carbocycles. The predicted molar refractivity (Wildman–Crippen MR) is 90.4 cm³/mol. The molecule has 0 saturated heterocycles. The number of hydrogen-bond acceptors (Lipinski definition) is 3. The summed E-state index contributed by atoms with van der Waals surface area (Å²) in [4.78, 5) is 0. The van der Waals surface area contributed by atoms with Gasteiger partial charge in [0.25, 0.3) is 0 Å². The standard InChI is InChI=1S/C15H23Br2NO2/c1-4-19-15-13(16)8-12(9-14(15)17)10-18-6-5-7-20-11(2)3/h8-9,11,18H,4-7,10H2,1-3H3. The SMILES string of the molecule is CCOc1c(Br)cc(CNCCCOC(C)C)cc1Br. The molecule has 20 heavy (non-hydrogen) atoms. The molecule has 0 aliphatic carbocycles. The van der Waals surface area contributed by atoms with Crippen LogP contribution in [0.3, 0.4) is 0 Å². The van der Waals surface area contributed by atoms with Crippen LogP contribution in [0.1, 0.15) is 32.8 Å². The lowest BCUT2D eigenvalue weighted by Crippen LogP contribution is -2.17. The van der Waals surface area contributed by atoms with Crippen LogP contribution in [-0.2, 0) is 11.3 Å². The topological polar surface area (TPSA) is 30.5 Å². The number of halogens is 2. The van der Waals surface area contributed by atoms with E-state index in [-0.39, 0.29) is 0 Å². The third kappa shape index (κ3) is 6.57. The molecule has 1 aromatic rings. The van der Waals surface area contributed by atoms with Gasteiger partial charge in [-0.05, 0) is 83.3 Å². The second-order valence-corrected chi connectivity index (χ2v) is 6.48. The highest BCUT2D eigenvalue weighted by atomic mass is 79.9. The van der Waals surface area contributed by atoms with E-state index in [1.807, 2.05) is 6.92 Å². The Labute approximate surface area is 138 Å². The molecule has 0 aliphatic rings. The molecule has 114 valence electrons. The second-order valence-electron chi connectivity index (χ2n) is 4.77. The van der Waals surface area contributed by atoms with Gasteiger partial charge in [-0.1, -0.05) is 0 Å². The van der Waals surface area contributed by atoms with E-state index in [9.17, 15) is 0 Å². The molecule has 1 rings (SSSR count). The highest BCUT2D eigenvalue weighted by Gasteiger charge is 2.08. The summed E-state index contributed by atoms with van der Waals surface area (Å²) in [6, 6.07) is 4.18. The fourth-order valence-electron chi connectivity index (χ4n) is 1.75. The smallest absolute Gasteiger partial charge is 0.147 e. The van der Waals surface area contributed by atoms with Crippen LogP contribution in [0.2, 0.25) is 0 Å². The molecule has 0 fully saturated rings. The Morgan fingerprint density at radius 2 is 1.85 bits per heavy atom. The maximum Gasteiger partial charge on any atom is 0.147 e. The first-order chi connectivity index (χ1) is 9.54. The Bertz CT molecular complexity index is 388. The highest BCUT2D eigenvalue weighted by molar-refractivity contribution is 9.11. The van der Waals surface area contributed by atoms with Gasteiger partial charge in [0.15, 0.2) is 0 Å². The van der Waals surface area contributed by atoms with Gasteiger partial charge in [-0.3, -0.25) is 0 Å². The van der Waals surface area contributed by atoms with E-state index in [0.29, 0.717) is 12.7 Å². The van der Waals surface area contributed by atoms with Crippen molar-refractivity contribution in [2.75, 3.05) is 19.8 Å². The first kappa shape index (κ1) is 18.0. The first-order valence-electron chi connectivity index (χ1n) is 6.97. The van der Waals surface area contributed by atoms with Crippen LogP contribution in [0.4, 0.5) is 0 Å². The van der Waals surface area contributed by atoms with Gasteiger partial charge in [0.2, 0.25) is 0 Å². The average molecular weight is 409 g/mol. The molecule has 0 radical (unpaired) electrons. The van der Waals surface area contributed by atoms with Gasteiger partial charge in [0.1, 0.15) is 5.75 Å². The van der Waals surface area contributed by atoms with Gasteiger partial charge >= 0.3 is 0 Å². The largest absolute Gasteiger partial charge is 0.492 e. The molecule has 0 unspecified atom stereocenters. The zero-order valence-corrected chi connectivity index (χ0v) is 15.5. The summed E-state index contributed by atoms with van der Waals surface area (Å²) in [5.74, 6) is 0.863. The minimum atomic E-state index is 0.313. The summed E-state index contributed by atoms with van der Waals surface area (Å²) in [5, 5.41) is 3.42. The van der Waals surface area contributed by atoms with Gasteiger partial charge in [0.05, 0.1) is 21.7 Å². The van der Waals surface area contributed by atoms with Crippen molar-refractivity contribution in [3.63, 3.8) is 0 Å². The minimum absolute atomic E-state index is 0.313. The fourth-order valence-corrected chi connectivity index (χ4v) is 3.26. The van der Waals surface area contributed by atoms with Crippen molar-refractivity contribution in [1.29, 1.82) is 0 Å². The van der Waals surface area contributed by atoms with Gasteiger partial charge in [0, 0.05) is 13.2 Å². The summed E-state index contributed by atoms with van der Waals surface area (Å²) in [5.41, 5.74) is 1.22. The van der Waals surface area contributed by atoms with Crippen molar-refractivity contribution < 1.29 is 9.47 Å². The Morgan fingerprint density at radius 1 is 1.20 bits per heavy atom. The molecule has 0 heterocycles. The molecule has 0 bridgehead atoms. The Kier molecular flexibility index (Phi) is 8.77. The number of rotatable bonds is 9. The minimum Gasteiger partial charge on any atom is -0.492 e. The van der Waals surface area contributed by atoms with E-state index in [2.05, 4.69) is 63.2 Å². The van der Waals surface area contributed by atoms with Crippen LogP contribution in [0.5, 0.6) is 5.75 Å². The van der Waals surface area contributed by atoms with Crippen molar-refractivity contribution >= 4 is 31.9 Å². The van der Waals surface area contributed by atoms with Gasteiger partial charge in [-0.25, -0.2) is 0 Å². The third-order valence-corrected chi connectivity index (χ3v) is 3.80. The summed E-state index contributed by atoms with van der Waals surface area (Å²) in [7, 11) is 0. The van der Waals surface area contributed by atoms with Crippen LogP contribution in [0, 0.1) is 0 Å². The van der Waals surface area contributed by atoms with Crippen molar-refractivity contribution in [3.05, 3.63) is 26.6 Å². The molecule has 0 spiro atoms. The van der Waals surface area contributed by atoms with E-state index in [1.54, 1.807) is 0 Å². The molecular weight excluding hydrogens is 386 g/mol. The molecule has 3 nitrogen and oxygen atoms in total. The monoisotopic (exact) mass is 407 g/mol. The summed E-state index contributed by atoms with van der Waals surface area (Å²) in [6.07, 6.45) is 1.34. The Balaban J connectivity index is 2.37. The van der Waals surface area contributed by atoms with Crippen molar-refractivity contribution in [2.45, 2.75) is 39.8 Å². The summed E-state index contributed by atoms with van der Waals surface area (Å²) >= 11 is 7.09. The number of ether oxygens (including phenoxy) is 2. The lowest BCUT2D eigenvalue weighted by Gasteiger charge is -2.12. The Hall–Kier alpha value is -0.100. The van der Waals surface area contributed by atoms with E-state index >= 15 is 0 Å². The van der Waals surface area contributed by atoms with Crippen molar-refractivity contribution in [2.24, 2.45) is 0 Å². The quantitative estimate of drug-likeness (QED) is 0.609. The van der Waals surface area contributed by atoms with E-state index < -0.39 is 0 Å². The van der Waals surface area contributed by atoms with Crippen LogP contribution < -0.4 is 10.1 Å². The maximum absolute atomic E-state index is 5.57. The van der Waals surface area contributed by atoms with E-state index in [0.717, 1.165) is 40.8 Å². The molecule has 0 aromatic heterocycles. The molecule has 0 amide bonds. The summed E-state index contributed by atoms with van der Waals surface area (Å²) < 4.78 is 13.0. The molecule has 0 atom stereocenters. The summed E-state index contributed by atoms with van der Waals surface area (Å²) in [6.45, 7) is 9.35. The molecule has 0 saturated carbocycles. The zero-order valence-electron chi connectivity index (χ0n) is 12.3. The van der Waals surface area contributed by atoms with E-state index in [1.165, 1.54) is 5.56 Å². The van der Waals surface area contributed by atoms with Crippen LogP contribution in [-0.4, -0.2) is 25.9 Å².